The summed E-state index contributed by atoms with van der Waals surface area (Å²) < 4.78 is 32.5. The molecule has 0 saturated heterocycles. The number of benzene rings is 2. The molecule has 0 aliphatic heterocycles. The van der Waals surface area contributed by atoms with E-state index in [-0.39, 0.29) is 28.2 Å². The Balaban J connectivity index is 2.27. The minimum atomic E-state index is -3.74. The van der Waals surface area contributed by atoms with Crippen LogP contribution in [-0.2, 0) is 10.0 Å². The summed E-state index contributed by atoms with van der Waals surface area (Å²) >= 11 is 3.37. The molecule has 6 nitrogen and oxygen atoms in total. The highest BCUT2D eigenvalue weighted by Gasteiger charge is 2.21. The number of carbonyl (C=O) groups is 1. The molecule has 2 aromatic rings. The van der Waals surface area contributed by atoms with Crippen LogP contribution in [0.3, 0.4) is 0 Å². The van der Waals surface area contributed by atoms with Gasteiger partial charge in [0.1, 0.15) is 10.6 Å². The molecule has 2 aromatic carbocycles. The second kappa shape index (κ2) is 7.99. The second-order valence-electron chi connectivity index (χ2n) is 5.32. The van der Waals surface area contributed by atoms with Crippen molar-refractivity contribution in [3.63, 3.8) is 0 Å². The number of methoxy groups -OCH3 is 1. The van der Waals surface area contributed by atoms with Crippen molar-refractivity contribution in [2.45, 2.75) is 17.9 Å². The van der Waals surface area contributed by atoms with Gasteiger partial charge in [0.05, 0.1) is 13.2 Å². The van der Waals surface area contributed by atoms with Crippen molar-refractivity contribution in [1.82, 2.24) is 10.0 Å². The van der Waals surface area contributed by atoms with Crippen molar-refractivity contribution in [2.24, 2.45) is 0 Å². The van der Waals surface area contributed by atoms with E-state index < -0.39 is 10.0 Å². The van der Waals surface area contributed by atoms with Crippen LogP contribution in [0.1, 0.15) is 28.9 Å². The largest absolute Gasteiger partial charge is 0.495 e. The number of amides is 1. The normalized spacial score (nSPS) is 12.5. The molecule has 0 aliphatic rings. The summed E-state index contributed by atoms with van der Waals surface area (Å²) in [5.74, 6) is -0.197. The third-order valence-corrected chi connectivity index (χ3v) is 5.67. The Morgan fingerprint density at radius 3 is 2.36 bits per heavy atom. The Morgan fingerprint density at radius 1 is 1.16 bits per heavy atom. The van der Waals surface area contributed by atoms with Crippen molar-refractivity contribution in [2.75, 3.05) is 14.2 Å². The lowest BCUT2D eigenvalue weighted by molar-refractivity contribution is 0.0939. The fourth-order valence-electron chi connectivity index (χ4n) is 2.25. The van der Waals surface area contributed by atoms with Gasteiger partial charge in [-0.25, -0.2) is 13.1 Å². The fourth-order valence-corrected chi connectivity index (χ4v) is 3.44. The van der Waals surface area contributed by atoms with E-state index in [0.717, 1.165) is 10.0 Å². The molecule has 1 atom stereocenters. The number of ether oxygens (including phenoxy) is 1. The molecule has 8 heteroatoms. The highest BCUT2D eigenvalue weighted by molar-refractivity contribution is 9.10. The zero-order valence-electron chi connectivity index (χ0n) is 14.0. The van der Waals surface area contributed by atoms with Crippen molar-refractivity contribution in [1.29, 1.82) is 0 Å². The lowest BCUT2D eigenvalue weighted by atomic mass is 10.1. The molecule has 25 heavy (non-hydrogen) atoms. The van der Waals surface area contributed by atoms with Gasteiger partial charge < -0.3 is 10.1 Å². The first-order chi connectivity index (χ1) is 11.8. The molecule has 1 amide bonds. The fraction of sp³-hybridized carbons (Fsp3) is 0.235. The van der Waals surface area contributed by atoms with Crippen LogP contribution in [0.4, 0.5) is 0 Å². The van der Waals surface area contributed by atoms with E-state index in [4.69, 9.17) is 4.74 Å². The lowest BCUT2D eigenvalue weighted by Crippen LogP contribution is -2.27. The number of rotatable bonds is 6. The molecule has 0 unspecified atom stereocenters. The molecule has 0 bridgehead atoms. The number of sulfonamides is 1. The molecule has 0 fully saturated rings. The topological polar surface area (TPSA) is 84.5 Å². The van der Waals surface area contributed by atoms with Gasteiger partial charge in [-0.05, 0) is 49.9 Å². The van der Waals surface area contributed by atoms with Gasteiger partial charge in [-0.2, -0.15) is 0 Å². The standard InChI is InChI=1S/C17H19BrN2O4S/c1-11(12-4-7-14(18)8-5-12)20-17(21)13-6-9-15(24-3)16(10-13)25(22,23)19-2/h4-11,19H,1-3H3,(H,20,21)/t11-/m1/s1. The minimum absolute atomic E-state index is 0.0820. The van der Waals surface area contributed by atoms with Crippen LogP contribution in [0, 0.1) is 0 Å². The van der Waals surface area contributed by atoms with E-state index in [9.17, 15) is 13.2 Å². The van der Waals surface area contributed by atoms with Gasteiger partial charge in [0, 0.05) is 10.0 Å². The second-order valence-corrected chi connectivity index (χ2v) is 8.09. The van der Waals surface area contributed by atoms with Crippen LogP contribution in [-0.4, -0.2) is 28.5 Å². The van der Waals surface area contributed by atoms with Crippen LogP contribution >= 0.6 is 15.9 Å². The van der Waals surface area contributed by atoms with Crippen molar-refractivity contribution < 1.29 is 17.9 Å². The molecule has 0 saturated carbocycles. The first-order valence-corrected chi connectivity index (χ1v) is 9.74. The Morgan fingerprint density at radius 2 is 1.80 bits per heavy atom. The van der Waals surface area contributed by atoms with Crippen molar-refractivity contribution in [3.8, 4) is 5.75 Å². The van der Waals surface area contributed by atoms with Crippen LogP contribution in [0.25, 0.3) is 0 Å². The molecule has 2 N–H and O–H groups in total. The quantitative estimate of drug-likeness (QED) is 0.743. The average Bonchev–Trinajstić information content (AvgIpc) is 2.61. The van der Waals surface area contributed by atoms with E-state index in [2.05, 4.69) is 26.0 Å². The highest BCUT2D eigenvalue weighted by Crippen LogP contribution is 2.25. The summed E-state index contributed by atoms with van der Waals surface area (Å²) in [5.41, 5.74) is 1.17. The third kappa shape index (κ3) is 4.59. The Kier molecular flexibility index (Phi) is 6.21. The number of carbonyl (C=O) groups excluding carboxylic acids is 1. The number of hydrogen-bond donors (Lipinski definition) is 2. The molecular weight excluding hydrogens is 408 g/mol. The molecule has 0 radical (unpaired) electrons. The van der Waals surface area contributed by atoms with Gasteiger partial charge in [0.25, 0.3) is 5.91 Å². The smallest absolute Gasteiger partial charge is 0.251 e. The molecule has 134 valence electrons. The zero-order valence-corrected chi connectivity index (χ0v) is 16.4. The lowest BCUT2D eigenvalue weighted by Gasteiger charge is -2.16. The maximum absolute atomic E-state index is 12.5. The maximum Gasteiger partial charge on any atom is 0.251 e. The molecule has 0 heterocycles. The molecule has 0 spiro atoms. The van der Waals surface area contributed by atoms with Gasteiger partial charge in [-0.1, -0.05) is 28.1 Å². The van der Waals surface area contributed by atoms with E-state index in [1.54, 1.807) is 0 Å². The van der Waals surface area contributed by atoms with Gasteiger partial charge >= 0.3 is 0 Å². The third-order valence-electron chi connectivity index (χ3n) is 3.70. The zero-order chi connectivity index (χ0) is 18.6. The first-order valence-electron chi connectivity index (χ1n) is 7.46. The average molecular weight is 427 g/mol. The minimum Gasteiger partial charge on any atom is -0.495 e. The maximum atomic E-state index is 12.5. The van der Waals surface area contributed by atoms with Crippen molar-refractivity contribution in [3.05, 3.63) is 58.1 Å². The van der Waals surface area contributed by atoms with Gasteiger partial charge in [0.2, 0.25) is 10.0 Å². The van der Waals surface area contributed by atoms with Crippen LogP contribution in [0.15, 0.2) is 51.8 Å². The summed E-state index contributed by atoms with van der Waals surface area (Å²) in [6, 6.07) is 11.6. The summed E-state index contributed by atoms with van der Waals surface area (Å²) in [7, 11) is -1.07. The van der Waals surface area contributed by atoms with Crippen LogP contribution in [0.2, 0.25) is 0 Å². The van der Waals surface area contributed by atoms with E-state index in [1.165, 1.54) is 32.4 Å². The summed E-state index contributed by atoms with van der Waals surface area (Å²) in [6.07, 6.45) is 0. The monoisotopic (exact) mass is 426 g/mol. The number of halogens is 1. The summed E-state index contributed by atoms with van der Waals surface area (Å²) in [5, 5.41) is 2.86. The van der Waals surface area contributed by atoms with Crippen molar-refractivity contribution >= 4 is 31.9 Å². The Hall–Kier alpha value is -1.90. The number of hydrogen-bond acceptors (Lipinski definition) is 4. The first kappa shape index (κ1) is 19.4. The van der Waals surface area contributed by atoms with Crippen LogP contribution in [0.5, 0.6) is 5.75 Å². The van der Waals surface area contributed by atoms with Gasteiger partial charge in [-0.3, -0.25) is 4.79 Å². The number of nitrogens with one attached hydrogen (secondary N) is 2. The Labute approximate surface area is 155 Å². The molecule has 2 rings (SSSR count). The van der Waals surface area contributed by atoms with E-state index >= 15 is 0 Å². The molecular formula is C17H19BrN2O4S. The SMILES string of the molecule is CNS(=O)(=O)c1cc(C(=O)N[C@H](C)c2ccc(Br)cc2)ccc1OC. The molecule has 0 aliphatic carbocycles. The summed E-state index contributed by atoms with van der Waals surface area (Å²) in [4.78, 5) is 12.4. The Bertz CT molecular complexity index is 867. The van der Waals surface area contributed by atoms with Gasteiger partial charge in [0.15, 0.2) is 0 Å². The highest BCUT2D eigenvalue weighted by atomic mass is 79.9. The van der Waals surface area contributed by atoms with Crippen LogP contribution < -0.4 is 14.8 Å². The predicted octanol–water partition coefficient (Wildman–Crippen LogP) is 2.86. The summed E-state index contributed by atoms with van der Waals surface area (Å²) in [6.45, 7) is 1.86. The van der Waals surface area contributed by atoms with E-state index in [1.807, 2.05) is 31.2 Å². The predicted molar refractivity (Wildman–Crippen MR) is 99.3 cm³/mol. The van der Waals surface area contributed by atoms with Gasteiger partial charge in [-0.15, -0.1) is 0 Å². The van der Waals surface area contributed by atoms with E-state index in [0.29, 0.717) is 0 Å². The molecule has 0 aromatic heterocycles.